The SMILES string of the molecule is CCSc1nnc(NC(=O)CC(NC(C)=O)c2ccccc2Cl)s1. The average Bonchev–Trinajstić information content (AvgIpc) is 2.94. The summed E-state index contributed by atoms with van der Waals surface area (Å²) < 4.78 is 0.803. The lowest BCUT2D eigenvalue weighted by Crippen LogP contribution is -2.30. The number of aromatic nitrogens is 2. The first-order valence-corrected chi connectivity index (χ1v) is 9.45. The fourth-order valence-electron chi connectivity index (χ4n) is 2.04. The van der Waals surface area contributed by atoms with Crippen LogP contribution >= 0.6 is 34.7 Å². The van der Waals surface area contributed by atoms with Gasteiger partial charge in [-0.2, -0.15) is 0 Å². The Balaban J connectivity index is 2.06. The Hall–Kier alpha value is -1.64. The number of thioether (sulfide) groups is 1. The zero-order chi connectivity index (χ0) is 17.5. The van der Waals surface area contributed by atoms with Gasteiger partial charge in [-0.3, -0.25) is 9.59 Å². The van der Waals surface area contributed by atoms with E-state index < -0.39 is 6.04 Å². The van der Waals surface area contributed by atoms with Crippen molar-refractivity contribution in [3.63, 3.8) is 0 Å². The number of hydrogen-bond donors (Lipinski definition) is 2. The van der Waals surface area contributed by atoms with Crippen molar-refractivity contribution >= 4 is 51.6 Å². The van der Waals surface area contributed by atoms with Gasteiger partial charge >= 0.3 is 0 Å². The molecule has 0 radical (unpaired) electrons. The molecule has 2 N–H and O–H groups in total. The minimum atomic E-state index is -0.506. The van der Waals surface area contributed by atoms with Crippen LogP contribution in [0.4, 0.5) is 5.13 Å². The Labute approximate surface area is 153 Å². The molecule has 0 aliphatic heterocycles. The van der Waals surface area contributed by atoms with E-state index in [1.54, 1.807) is 30.0 Å². The number of carbonyl (C=O) groups excluding carboxylic acids is 2. The fourth-order valence-corrected chi connectivity index (χ4v) is 3.97. The number of nitrogens with zero attached hydrogens (tertiary/aromatic N) is 2. The van der Waals surface area contributed by atoms with Gasteiger partial charge in [0, 0.05) is 11.9 Å². The van der Waals surface area contributed by atoms with E-state index in [-0.39, 0.29) is 18.2 Å². The summed E-state index contributed by atoms with van der Waals surface area (Å²) in [5, 5.41) is 14.3. The van der Waals surface area contributed by atoms with Crippen molar-refractivity contribution in [1.82, 2.24) is 15.5 Å². The van der Waals surface area contributed by atoms with Crippen LogP contribution in [0.25, 0.3) is 0 Å². The van der Waals surface area contributed by atoms with Crippen LogP contribution in [0.15, 0.2) is 28.6 Å². The number of halogens is 1. The standard InChI is InChI=1S/C15H17ClN4O2S2/c1-3-23-15-20-19-14(24-15)18-13(22)8-12(17-9(2)21)10-6-4-5-7-11(10)16/h4-7,12H,3,8H2,1-2H3,(H,17,21)(H,18,19,22). The molecule has 1 aromatic heterocycles. The van der Waals surface area contributed by atoms with Crippen LogP contribution in [0.5, 0.6) is 0 Å². The van der Waals surface area contributed by atoms with E-state index in [4.69, 9.17) is 11.6 Å². The van der Waals surface area contributed by atoms with Gasteiger partial charge in [-0.15, -0.1) is 10.2 Å². The Morgan fingerprint density at radius 2 is 2.08 bits per heavy atom. The second kappa shape index (κ2) is 9.00. The highest BCUT2D eigenvalue weighted by Gasteiger charge is 2.20. The summed E-state index contributed by atoms with van der Waals surface area (Å²) in [6, 6.07) is 6.62. The third-order valence-electron chi connectivity index (χ3n) is 2.97. The topological polar surface area (TPSA) is 84.0 Å². The Morgan fingerprint density at radius 3 is 2.75 bits per heavy atom. The quantitative estimate of drug-likeness (QED) is 0.563. The number of anilines is 1. The first-order valence-electron chi connectivity index (χ1n) is 7.27. The molecule has 1 atom stereocenters. The van der Waals surface area contributed by atoms with Crippen molar-refractivity contribution < 1.29 is 9.59 Å². The Kier molecular flexibility index (Phi) is 7.01. The predicted molar refractivity (Wildman–Crippen MR) is 97.6 cm³/mol. The molecule has 1 aromatic carbocycles. The van der Waals surface area contributed by atoms with Crippen LogP contribution in [0, 0.1) is 0 Å². The highest BCUT2D eigenvalue weighted by Crippen LogP contribution is 2.27. The molecule has 9 heteroatoms. The third-order valence-corrected chi connectivity index (χ3v) is 5.17. The lowest BCUT2D eigenvalue weighted by Gasteiger charge is -2.18. The van der Waals surface area contributed by atoms with Gasteiger partial charge in [0.1, 0.15) is 0 Å². The maximum atomic E-state index is 12.3. The molecule has 0 aliphatic carbocycles. The highest BCUT2D eigenvalue weighted by molar-refractivity contribution is 8.01. The second-order valence-corrected chi connectivity index (χ2v) is 7.73. The van der Waals surface area contributed by atoms with Crippen molar-refractivity contribution in [3.05, 3.63) is 34.9 Å². The number of nitrogens with one attached hydrogen (secondary N) is 2. The molecule has 2 rings (SSSR count). The lowest BCUT2D eigenvalue weighted by molar-refractivity contribution is -0.120. The number of carbonyl (C=O) groups is 2. The minimum Gasteiger partial charge on any atom is -0.349 e. The molecule has 2 amide bonds. The van der Waals surface area contributed by atoms with Crippen molar-refractivity contribution in [2.24, 2.45) is 0 Å². The van der Waals surface area contributed by atoms with Crippen molar-refractivity contribution in [2.45, 2.75) is 30.6 Å². The van der Waals surface area contributed by atoms with E-state index in [1.165, 1.54) is 18.3 Å². The molecule has 1 unspecified atom stereocenters. The van der Waals surface area contributed by atoms with Gasteiger partial charge in [-0.1, -0.05) is 59.8 Å². The smallest absolute Gasteiger partial charge is 0.228 e. The van der Waals surface area contributed by atoms with Gasteiger partial charge in [0.15, 0.2) is 4.34 Å². The van der Waals surface area contributed by atoms with Gasteiger partial charge in [0.25, 0.3) is 0 Å². The van der Waals surface area contributed by atoms with Crippen LogP contribution < -0.4 is 10.6 Å². The highest BCUT2D eigenvalue weighted by atomic mass is 35.5. The van der Waals surface area contributed by atoms with Gasteiger partial charge in [-0.25, -0.2) is 0 Å². The first kappa shape index (κ1) is 18.7. The molecule has 0 aliphatic rings. The summed E-state index contributed by atoms with van der Waals surface area (Å²) in [6.07, 6.45) is 0.0547. The van der Waals surface area contributed by atoms with E-state index in [9.17, 15) is 9.59 Å². The zero-order valence-corrected chi connectivity index (χ0v) is 15.6. The minimum absolute atomic E-state index is 0.0547. The average molecular weight is 385 g/mol. The van der Waals surface area contributed by atoms with Gasteiger partial charge < -0.3 is 10.6 Å². The monoisotopic (exact) mass is 384 g/mol. The third kappa shape index (κ3) is 5.47. The first-order chi connectivity index (χ1) is 11.5. The number of amides is 2. The van der Waals surface area contributed by atoms with Gasteiger partial charge in [-0.05, 0) is 17.4 Å². The van der Waals surface area contributed by atoms with Crippen molar-refractivity contribution in [3.8, 4) is 0 Å². The summed E-state index contributed by atoms with van der Waals surface area (Å²) >= 11 is 9.06. The molecule has 24 heavy (non-hydrogen) atoms. The molecule has 1 heterocycles. The normalized spacial score (nSPS) is 11.8. The van der Waals surface area contributed by atoms with E-state index in [0.29, 0.717) is 15.7 Å². The molecule has 0 spiro atoms. The fraction of sp³-hybridized carbons (Fsp3) is 0.333. The van der Waals surface area contributed by atoms with Crippen molar-refractivity contribution in [1.29, 1.82) is 0 Å². The molecule has 2 aromatic rings. The van der Waals surface area contributed by atoms with Crippen LogP contribution in [0.1, 0.15) is 31.9 Å². The maximum Gasteiger partial charge on any atom is 0.228 e. The molecule has 128 valence electrons. The van der Waals surface area contributed by atoms with E-state index in [1.807, 2.05) is 13.0 Å². The molecular formula is C15H17ClN4O2S2. The molecule has 0 fully saturated rings. The zero-order valence-electron chi connectivity index (χ0n) is 13.2. The molecule has 0 saturated carbocycles. The molecule has 6 nitrogen and oxygen atoms in total. The predicted octanol–water partition coefficient (Wildman–Crippen LogP) is 3.51. The van der Waals surface area contributed by atoms with Crippen LogP contribution in [-0.2, 0) is 9.59 Å². The summed E-state index contributed by atoms with van der Waals surface area (Å²) in [7, 11) is 0. The van der Waals surface area contributed by atoms with Crippen molar-refractivity contribution in [2.75, 3.05) is 11.1 Å². The molecule has 0 saturated heterocycles. The van der Waals surface area contributed by atoms with Crippen LogP contribution in [0.2, 0.25) is 5.02 Å². The summed E-state index contributed by atoms with van der Waals surface area (Å²) in [4.78, 5) is 23.7. The summed E-state index contributed by atoms with van der Waals surface area (Å²) in [5.41, 5.74) is 0.698. The molecular weight excluding hydrogens is 368 g/mol. The number of hydrogen-bond acceptors (Lipinski definition) is 6. The maximum absolute atomic E-state index is 12.3. The van der Waals surface area contributed by atoms with E-state index in [0.717, 1.165) is 10.1 Å². The summed E-state index contributed by atoms with van der Waals surface area (Å²) in [6.45, 7) is 3.42. The van der Waals surface area contributed by atoms with Crippen LogP contribution in [0.3, 0.4) is 0 Å². The van der Waals surface area contributed by atoms with Gasteiger partial charge in [0.05, 0.1) is 12.5 Å². The Bertz CT molecular complexity index is 723. The van der Waals surface area contributed by atoms with E-state index >= 15 is 0 Å². The largest absolute Gasteiger partial charge is 0.349 e. The number of benzene rings is 1. The lowest BCUT2D eigenvalue weighted by atomic mass is 10.0. The Morgan fingerprint density at radius 1 is 1.33 bits per heavy atom. The van der Waals surface area contributed by atoms with Gasteiger partial charge in [0.2, 0.25) is 16.9 Å². The number of rotatable bonds is 7. The van der Waals surface area contributed by atoms with Crippen LogP contribution in [-0.4, -0.2) is 27.8 Å². The van der Waals surface area contributed by atoms with E-state index in [2.05, 4.69) is 20.8 Å². The molecule has 0 bridgehead atoms. The summed E-state index contributed by atoms with van der Waals surface area (Å²) in [5.74, 6) is 0.391. The second-order valence-electron chi connectivity index (χ2n) is 4.83.